The minimum absolute atomic E-state index is 0.115. The van der Waals surface area contributed by atoms with Gasteiger partial charge in [-0.15, -0.1) is 0 Å². The number of hydrogen-bond acceptors (Lipinski definition) is 5. The molecule has 0 bridgehead atoms. The number of hydrogen-bond donors (Lipinski definition) is 2. The lowest BCUT2D eigenvalue weighted by Gasteiger charge is -2.35. The number of carbonyl (C=O) groups excluding carboxylic acids is 1. The molecule has 1 aromatic rings. The van der Waals surface area contributed by atoms with Gasteiger partial charge in [-0.1, -0.05) is 6.07 Å². The number of carbonyl (C=O) groups is 1. The van der Waals surface area contributed by atoms with Gasteiger partial charge in [0.2, 0.25) is 0 Å². The van der Waals surface area contributed by atoms with E-state index in [1.54, 1.807) is 26.3 Å². The second kappa shape index (κ2) is 12.5. The predicted molar refractivity (Wildman–Crippen MR) is 121 cm³/mol. The Labute approximate surface area is 185 Å². The zero-order valence-corrected chi connectivity index (χ0v) is 18.8. The zero-order chi connectivity index (χ0) is 21.9. The van der Waals surface area contributed by atoms with E-state index >= 15 is 0 Å². The molecule has 2 fully saturated rings. The first kappa shape index (κ1) is 23.3. The Hall–Kier alpha value is -2.32. The number of nitrogens with zero attached hydrogens (tertiary/aromatic N) is 2. The number of amides is 1. The van der Waals surface area contributed by atoms with Crippen LogP contribution in [0.5, 0.6) is 5.75 Å². The van der Waals surface area contributed by atoms with E-state index in [-0.39, 0.29) is 12.0 Å². The van der Waals surface area contributed by atoms with Gasteiger partial charge in [-0.25, -0.2) is 0 Å². The van der Waals surface area contributed by atoms with Crippen LogP contribution >= 0.6 is 0 Å². The van der Waals surface area contributed by atoms with E-state index < -0.39 is 0 Å². The highest BCUT2D eigenvalue weighted by Gasteiger charge is 2.23. The summed E-state index contributed by atoms with van der Waals surface area (Å²) in [5.74, 6) is 1.42. The highest BCUT2D eigenvalue weighted by atomic mass is 16.5. The number of benzene rings is 1. The summed E-state index contributed by atoms with van der Waals surface area (Å²) in [5.41, 5.74) is 0.587. The minimum atomic E-state index is -0.115. The maximum Gasteiger partial charge on any atom is 0.251 e. The summed E-state index contributed by atoms with van der Waals surface area (Å²) < 4.78 is 17.0. The molecule has 2 aliphatic heterocycles. The lowest BCUT2D eigenvalue weighted by atomic mass is 10.1. The van der Waals surface area contributed by atoms with Gasteiger partial charge in [0.05, 0.1) is 25.9 Å². The van der Waals surface area contributed by atoms with Crippen molar-refractivity contribution in [1.29, 1.82) is 0 Å². The normalized spacial score (nSPS) is 20.4. The smallest absolute Gasteiger partial charge is 0.251 e. The first-order valence-corrected chi connectivity index (χ1v) is 11.3. The number of piperidine rings is 1. The fourth-order valence-electron chi connectivity index (χ4n) is 3.97. The fraction of sp³-hybridized carbons (Fsp3) is 0.652. The molecule has 2 saturated heterocycles. The summed E-state index contributed by atoms with van der Waals surface area (Å²) >= 11 is 0. The molecular weight excluding hydrogens is 396 g/mol. The highest BCUT2D eigenvalue weighted by Crippen LogP contribution is 2.18. The van der Waals surface area contributed by atoms with Crippen molar-refractivity contribution in [2.75, 3.05) is 53.6 Å². The number of nitrogens with one attached hydrogen (secondary N) is 2. The number of aliphatic imine (C=N–C) groups is 1. The third kappa shape index (κ3) is 7.40. The molecule has 2 N–H and O–H groups in total. The lowest BCUT2D eigenvalue weighted by molar-refractivity contribution is -0.0721. The molecule has 8 heteroatoms. The molecule has 172 valence electrons. The van der Waals surface area contributed by atoms with Crippen molar-refractivity contribution < 1.29 is 19.0 Å². The Morgan fingerprint density at radius 1 is 1.19 bits per heavy atom. The average molecular weight is 433 g/mol. The van der Waals surface area contributed by atoms with Gasteiger partial charge in [0.25, 0.3) is 5.91 Å². The van der Waals surface area contributed by atoms with Gasteiger partial charge in [0, 0.05) is 45.4 Å². The van der Waals surface area contributed by atoms with Crippen LogP contribution < -0.4 is 15.4 Å². The molecule has 1 unspecified atom stereocenters. The summed E-state index contributed by atoms with van der Waals surface area (Å²) in [7, 11) is 3.38. The van der Waals surface area contributed by atoms with E-state index in [0.717, 1.165) is 44.9 Å². The van der Waals surface area contributed by atoms with Crippen molar-refractivity contribution in [2.45, 2.75) is 44.3 Å². The number of guanidine groups is 1. The van der Waals surface area contributed by atoms with Crippen molar-refractivity contribution in [3.8, 4) is 5.75 Å². The van der Waals surface area contributed by atoms with Crippen molar-refractivity contribution >= 4 is 11.9 Å². The van der Waals surface area contributed by atoms with Crippen LogP contribution in [0.25, 0.3) is 0 Å². The first-order chi connectivity index (χ1) is 15.2. The van der Waals surface area contributed by atoms with Gasteiger partial charge in [-0.2, -0.15) is 0 Å². The number of likely N-dealkylation sites (tertiary alicyclic amines) is 1. The molecule has 3 rings (SSSR count). The van der Waals surface area contributed by atoms with Gasteiger partial charge in [0.15, 0.2) is 5.96 Å². The average Bonchev–Trinajstić information content (AvgIpc) is 2.84. The second-order valence-electron chi connectivity index (χ2n) is 7.97. The quantitative estimate of drug-likeness (QED) is 0.372. The van der Waals surface area contributed by atoms with Gasteiger partial charge in [-0.05, 0) is 50.3 Å². The molecule has 1 aromatic carbocycles. The van der Waals surface area contributed by atoms with E-state index in [1.807, 2.05) is 12.1 Å². The largest absolute Gasteiger partial charge is 0.497 e. The molecule has 0 aliphatic carbocycles. The Morgan fingerprint density at radius 3 is 2.71 bits per heavy atom. The van der Waals surface area contributed by atoms with E-state index in [0.29, 0.717) is 37.1 Å². The van der Waals surface area contributed by atoms with Crippen LogP contribution in [0.4, 0.5) is 0 Å². The lowest BCUT2D eigenvalue weighted by Crippen LogP contribution is -2.48. The Kier molecular flexibility index (Phi) is 9.42. The SMILES string of the molecule is CN=C(NCCNC(=O)c1cccc(OC)c1)N1CCC(OCC2CCCCO2)CC1. The van der Waals surface area contributed by atoms with Crippen LogP contribution in [0.2, 0.25) is 0 Å². The molecule has 0 radical (unpaired) electrons. The number of ether oxygens (including phenoxy) is 3. The molecule has 0 spiro atoms. The van der Waals surface area contributed by atoms with Crippen LogP contribution in [0.1, 0.15) is 42.5 Å². The van der Waals surface area contributed by atoms with Crippen LogP contribution in [-0.2, 0) is 9.47 Å². The standard InChI is InChI=1S/C23H36N4O4/c1-24-23(26-12-11-25-22(28)18-6-5-8-20(16-18)29-2)27-13-9-19(10-14-27)31-17-21-7-3-4-15-30-21/h5-6,8,16,19,21H,3-4,7,9-15,17H2,1-2H3,(H,24,26)(H,25,28). The Balaban J connectivity index is 1.32. The molecule has 2 heterocycles. The molecule has 1 amide bonds. The van der Waals surface area contributed by atoms with E-state index in [2.05, 4.69) is 20.5 Å². The van der Waals surface area contributed by atoms with Crippen molar-refractivity contribution in [1.82, 2.24) is 15.5 Å². The third-order valence-electron chi connectivity index (χ3n) is 5.77. The molecule has 2 aliphatic rings. The van der Waals surface area contributed by atoms with Gasteiger partial charge >= 0.3 is 0 Å². The summed E-state index contributed by atoms with van der Waals surface area (Å²) in [6, 6.07) is 7.13. The topological polar surface area (TPSA) is 84.4 Å². The maximum absolute atomic E-state index is 12.3. The van der Waals surface area contributed by atoms with Crippen molar-refractivity contribution in [3.05, 3.63) is 29.8 Å². The summed E-state index contributed by atoms with van der Waals surface area (Å²) in [5, 5.41) is 6.27. The Morgan fingerprint density at radius 2 is 2.00 bits per heavy atom. The predicted octanol–water partition coefficient (Wildman–Crippen LogP) is 2.05. The van der Waals surface area contributed by atoms with E-state index in [4.69, 9.17) is 14.2 Å². The van der Waals surface area contributed by atoms with Crippen molar-refractivity contribution in [2.24, 2.45) is 4.99 Å². The first-order valence-electron chi connectivity index (χ1n) is 11.3. The number of rotatable bonds is 8. The summed E-state index contributed by atoms with van der Waals surface area (Å²) in [6.07, 6.45) is 6.07. The van der Waals surface area contributed by atoms with Crippen LogP contribution in [0, 0.1) is 0 Å². The minimum Gasteiger partial charge on any atom is -0.497 e. The highest BCUT2D eigenvalue weighted by molar-refractivity contribution is 5.94. The molecule has 1 atom stereocenters. The maximum atomic E-state index is 12.3. The number of methoxy groups -OCH3 is 1. The molecule has 8 nitrogen and oxygen atoms in total. The third-order valence-corrected chi connectivity index (χ3v) is 5.77. The molecular formula is C23H36N4O4. The Bertz CT molecular complexity index is 713. The second-order valence-corrected chi connectivity index (χ2v) is 7.97. The zero-order valence-electron chi connectivity index (χ0n) is 18.8. The fourth-order valence-corrected chi connectivity index (χ4v) is 3.97. The van der Waals surface area contributed by atoms with Gasteiger partial charge < -0.3 is 29.7 Å². The van der Waals surface area contributed by atoms with E-state index in [1.165, 1.54) is 12.8 Å². The molecule has 0 aromatic heterocycles. The molecule has 0 saturated carbocycles. The van der Waals surface area contributed by atoms with Crippen LogP contribution in [0.15, 0.2) is 29.3 Å². The van der Waals surface area contributed by atoms with E-state index in [9.17, 15) is 4.79 Å². The summed E-state index contributed by atoms with van der Waals surface area (Å²) in [4.78, 5) is 18.9. The van der Waals surface area contributed by atoms with Crippen molar-refractivity contribution in [3.63, 3.8) is 0 Å². The van der Waals surface area contributed by atoms with Crippen LogP contribution in [0.3, 0.4) is 0 Å². The van der Waals surface area contributed by atoms with Crippen LogP contribution in [-0.4, -0.2) is 82.5 Å². The monoisotopic (exact) mass is 432 g/mol. The van der Waals surface area contributed by atoms with Gasteiger partial charge in [0.1, 0.15) is 5.75 Å². The molecule has 31 heavy (non-hydrogen) atoms. The summed E-state index contributed by atoms with van der Waals surface area (Å²) in [6.45, 7) is 4.52. The van der Waals surface area contributed by atoms with Gasteiger partial charge in [-0.3, -0.25) is 9.79 Å².